The monoisotopic (exact) mass is 476 g/mol. The van der Waals surface area contributed by atoms with Gasteiger partial charge in [-0.2, -0.15) is 18.2 Å². The molecule has 2 rings (SSSR count). The molecule has 0 aliphatic carbocycles. The lowest BCUT2D eigenvalue weighted by Gasteiger charge is -2.15. The second-order valence-electron chi connectivity index (χ2n) is 7.16. The molecule has 6 nitrogen and oxygen atoms in total. The number of alkyl halides is 4. The molecular weight excluding hydrogens is 447 g/mol. The number of nitrogens with zero attached hydrogens (tertiary/aromatic N) is 4. The summed E-state index contributed by atoms with van der Waals surface area (Å²) in [5, 5.41) is 1.60. The van der Waals surface area contributed by atoms with Crippen molar-refractivity contribution in [3.05, 3.63) is 46.4 Å². The van der Waals surface area contributed by atoms with Crippen molar-refractivity contribution < 1.29 is 22.1 Å². The Morgan fingerprint density at radius 3 is 2.34 bits per heavy atom. The SMILES string of the molecule is C/C=C(\C=C/C(C)C)n1c(CCC(F)(F)F)nc(-c2noc(C(C)(F)P)n2)cc1=O.CC. The first-order chi connectivity index (χ1) is 14.8. The highest BCUT2D eigenvalue weighted by Gasteiger charge is 2.30. The summed E-state index contributed by atoms with van der Waals surface area (Å²) in [4.78, 5) is 20.8. The van der Waals surface area contributed by atoms with E-state index in [1.807, 2.05) is 43.0 Å². The Labute approximate surface area is 187 Å². The number of allylic oxidation sites excluding steroid dienone is 4. The average Bonchev–Trinajstić information content (AvgIpc) is 3.19. The second-order valence-corrected chi connectivity index (χ2v) is 8.25. The number of rotatable bonds is 7. The topological polar surface area (TPSA) is 73.8 Å². The highest BCUT2D eigenvalue weighted by atomic mass is 31.0. The maximum atomic E-state index is 14.0. The normalized spacial score (nSPS) is 14.4. The van der Waals surface area contributed by atoms with Gasteiger partial charge in [-0.15, -0.1) is 0 Å². The maximum Gasteiger partial charge on any atom is 0.389 e. The van der Waals surface area contributed by atoms with Crippen molar-refractivity contribution in [1.29, 1.82) is 0 Å². The molecule has 2 aromatic heterocycles. The molecule has 0 amide bonds. The Hall–Kier alpha value is -2.35. The van der Waals surface area contributed by atoms with E-state index in [1.165, 1.54) is 6.92 Å². The molecule has 0 aliphatic heterocycles. The maximum absolute atomic E-state index is 14.0. The lowest BCUT2D eigenvalue weighted by molar-refractivity contribution is -0.134. The van der Waals surface area contributed by atoms with Crippen LogP contribution in [0.2, 0.25) is 0 Å². The third kappa shape index (κ3) is 7.97. The zero-order valence-corrected chi connectivity index (χ0v) is 20.2. The fraction of sp³-hybridized carbons (Fsp3) is 0.524. The molecule has 2 heterocycles. The summed E-state index contributed by atoms with van der Waals surface area (Å²) in [6, 6.07) is 1.08. The number of aryl methyl sites for hydroxylation is 1. The number of halogens is 4. The predicted octanol–water partition coefficient (Wildman–Crippen LogP) is 5.90. The van der Waals surface area contributed by atoms with Crippen LogP contribution in [0.4, 0.5) is 17.6 Å². The first kappa shape index (κ1) is 27.7. The molecule has 32 heavy (non-hydrogen) atoms. The molecule has 0 fully saturated rings. The summed E-state index contributed by atoms with van der Waals surface area (Å²) >= 11 is 0. The van der Waals surface area contributed by atoms with Crippen molar-refractivity contribution in [2.75, 3.05) is 0 Å². The number of hydrogen-bond donors (Lipinski definition) is 0. The number of aromatic nitrogens is 4. The van der Waals surface area contributed by atoms with E-state index in [1.54, 1.807) is 19.1 Å². The molecule has 0 radical (unpaired) electrons. The highest BCUT2D eigenvalue weighted by Crippen LogP contribution is 2.32. The Morgan fingerprint density at radius 2 is 1.88 bits per heavy atom. The van der Waals surface area contributed by atoms with Gasteiger partial charge < -0.3 is 4.52 Å². The van der Waals surface area contributed by atoms with Gasteiger partial charge in [0.2, 0.25) is 5.82 Å². The molecule has 0 aliphatic rings. The first-order valence-corrected chi connectivity index (χ1v) is 10.8. The van der Waals surface area contributed by atoms with Crippen molar-refractivity contribution in [1.82, 2.24) is 19.7 Å². The van der Waals surface area contributed by atoms with Crippen LogP contribution in [-0.4, -0.2) is 25.9 Å². The van der Waals surface area contributed by atoms with Gasteiger partial charge in [0.15, 0.2) is 5.41 Å². The molecule has 0 spiro atoms. The van der Waals surface area contributed by atoms with E-state index >= 15 is 0 Å². The average molecular weight is 476 g/mol. The van der Waals surface area contributed by atoms with Gasteiger partial charge in [0.1, 0.15) is 11.5 Å². The van der Waals surface area contributed by atoms with Crippen LogP contribution in [0.15, 0.2) is 33.6 Å². The Balaban J connectivity index is 0.00000249. The van der Waals surface area contributed by atoms with Crippen LogP contribution in [0.5, 0.6) is 0 Å². The molecular formula is C21H29F4N4O2P. The van der Waals surface area contributed by atoms with Gasteiger partial charge in [-0.05, 0) is 25.8 Å². The summed E-state index contributed by atoms with van der Waals surface area (Å²) in [5.74, 6) is -0.495. The standard InChI is InChI=1S/C19H23F4N4O2P.C2H6/c1-5-12(7-6-11(2)3)27-14(8-9-19(21,22)23)24-13(10-15(27)28)16-25-17(29-26-16)18(4,20)30;1-2/h5-7,10-11H,8-9,30H2,1-4H3;1-2H3/b7-6-,12-5+;. The van der Waals surface area contributed by atoms with Gasteiger partial charge in [-0.3, -0.25) is 9.36 Å². The molecule has 2 unspecified atom stereocenters. The van der Waals surface area contributed by atoms with Crippen molar-refractivity contribution in [3.8, 4) is 11.5 Å². The minimum Gasteiger partial charge on any atom is -0.335 e. The fourth-order valence-electron chi connectivity index (χ4n) is 2.46. The first-order valence-electron chi connectivity index (χ1n) is 10.2. The number of hydrogen-bond acceptors (Lipinski definition) is 5. The van der Waals surface area contributed by atoms with Crippen LogP contribution >= 0.6 is 9.24 Å². The van der Waals surface area contributed by atoms with Crippen molar-refractivity contribution in [2.24, 2.45) is 5.92 Å². The summed E-state index contributed by atoms with van der Waals surface area (Å²) in [6.07, 6.45) is -1.06. The molecule has 2 atom stereocenters. The summed E-state index contributed by atoms with van der Waals surface area (Å²) in [5.41, 5.74) is -0.320. The Morgan fingerprint density at radius 1 is 1.25 bits per heavy atom. The minimum atomic E-state index is -4.43. The van der Waals surface area contributed by atoms with E-state index in [4.69, 9.17) is 4.52 Å². The van der Waals surface area contributed by atoms with Gasteiger partial charge >= 0.3 is 6.18 Å². The van der Waals surface area contributed by atoms with Gasteiger partial charge in [-0.25, -0.2) is 9.37 Å². The van der Waals surface area contributed by atoms with Crippen LogP contribution in [0, 0.1) is 5.92 Å². The molecule has 0 saturated carbocycles. The molecule has 0 bridgehead atoms. The summed E-state index contributed by atoms with van der Waals surface area (Å²) < 4.78 is 58.4. The lowest BCUT2D eigenvalue weighted by atomic mass is 10.2. The van der Waals surface area contributed by atoms with E-state index in [0.29, 0.717) is 5.70 Å². The molecule has 0 N–H and O–H groups in total. The molecule has 11 heteroatoms. The van der Waals surface area contributed by atoms with Crippen LogP contribution in [0.25, 0.3) is 17.2 Å². The largest absolute Gasteiger partial charge is 0.389 e. The van der Waals surface area contributed by atoms with E-state index in [9.17, 15) is 22.4 Å². The van der Waals surface area contributed by atoms with Crippen LogP contribution < -0.4 is 5.56 Å². The minimum absolute atomic E-state index is 0.0963. The smallest absolute Gasteiger partial charge is 0.335 e. The van der Waals surface area contributed by atoms with E-state index in [-0.39, 0.29) is 29.2 Å². The zero-order chi connectivity index (χ0) is 24.7. The highest BCUT2D eigenvalue weighted by molar-refractivity contribution is 7.18. The van der Waals surface area contributed by atoms with Crippen molar-refractivity contribution in [2.45, 2.75) is 66.0 Å². The van der Waals surface area contributed by atoms with Crippen molar-refractivity contribution >= 4 is 14.9 Å². The Kier molecular flexibility index (Phi) is 9.95. The summed E-state index contributed by atoms with van der Waals surface area (Å²) in [7, 11) is 1.89. The van der Waals surface area contributed by atoms with Crippen LogP contribution in [0.1, 0.15) is 59.7 Å². The fourth-order valence-corrected chi connectivity index (χ4v) is 2.58. The van der Waals surface area contributed by atoms with Gasteiger partial charge in [-0.1, -0.05) is 54.2 Å². The van der Waals surface area contributed by atoms with E-state index in [0.717, 1.165) is 10.6 Å². The zero-order valence-electron chi connectivity index (χ0n) is 19.0. The van der Waals surface area contributed by atoms with E-state index in [2.05, 4.69) is 15.1 Å². The second kappa shape index (κ2) is 11.5. The Bertz CT molecular complexity index is 1000. The van der Waals surface area contributed by atoms with Gasteiger partial charge in [0.05, 0.1) is 6.42 Å². The molecule has 178 valence electrons. The summed E-state index contributed by atoms with van der Waals surface area (Å²) in [6.45, 7) is 10.7. The third-order valence-corrected chi connectivity index (χ3v) is 4.15. The molecule has 0 saturated heterocycles. The van der Waals surface area contributed by atoms with Gasteiger partial charge in [0, 0.05) is 18.2 Å². The van der Waals surface area contributed by atoms with Crippen LogP contribution in [0.3, 0.4) is 0 Å². The molecule has 0 aromatic carbocycles. The van der Waals surface area contributed by atoms with Gasteiger partial charge in [0.25, 0.3) is 11.4 Å². The lowest BCUT2D eigenvalue weighted by Crippen LogP contribution is -2.25. The van der Waals surface area contributed by atoms with Crippen molar-refractivity contribution in [3.63, 3.8) is 0 Å². The molecule has 2 aromatic rings. The third-order valence-electron chi connectivity index (χ3n) is 3.90. The van der Waals surface area contributed by atoms with E-state index < -0.39 is 30.0 Å². The quantitative estimate of drug-likeness (QED) is 0.282. The predicted molar refractivity (Wildman–Crippen MR) is 120 cm³/mol. The van der Waals surface area contributed by atoms with Crippen LogP contribution in [-0.2, 0) is 11.8 Å².